The molecule has 80 valence electrons. The van der Waals surface area contributed by atoms with Gasteiger partial charge in [0.1, 0.15) is 0 Å². The highest BCUT2D eigenvalue weighted by Crippen LogP contribution is 2.35. The van der Waals surface area contributed by atoms with Crippen LogP contribution < -0.4 is 0 Å². The lowest BCUT2D eigenvalue weighted by atomic mass is 10.1. The van der Waals surface area contributed by atoms with Gasteiger partial charge in [0.2, 0.25) is 0 Å². The lowest BCUT2D eigenvalue weighted by Crippen LogP contribution is -1.82. The second-order valence-electron chi connectivity index (χ2n) is 3.22. The zero-order valence-electron chi connectivity index (χ0n) is 8.60. The average Bonchev–Trinajstić information content (AvgIpc) is 2.55. The number of hydrogen-bond donors (Lipinski definition) is 0. The van der Waals surface area contributed by atoms with Crippen molar-refractivity contribution in [1.29, 1.82) is 5.26 Å². The average molecular weight is 305 g/mol. The Labute approximate surface area is 108 Å². The molecule has 0 aromatic carbocycles. The van der Waals surface area contributed by atoms with E-state index in [0.29, 0.717) is 10.6 Å². The molecule has 1 aromatic heterocycles. The van der Waals surface area contributed by atoms with E-state index in [1.54, 1.807) is 11.3 Å². The normalized spacial score (nSPS) is 12.2. The first-order chi connectivity index (χ1) is 7.10. The van der Waals surface area contributed by atoms with E-state index in [0.717, 1.165) is 27.1 Å². The van der Waals surface area contributed by atoms with Crippen molar-refractivity contribution in [1.82, 2.24) is 0 Å². The molecule has 0 bridgehead atoms. The van der Waals surface area contributed by atoms with E-state index >= 15 is 0 Å². The summed E-state index contributed by atoms with van der Waals surface area (Å²) in [5, 5.41) is 9.56. The molecule has 1 aromatic rings. The van der Waals surface area contributed by atoms with Crippen molar-refractivity contribution in [3.8, 4) is 6.07 Å². The third-order valence-corrected chi connectivity index (χ3v) is 4.67. The summed E-state index contributed by atoms with van der Waals surface area (Å²) in [5.74, 6) is 0. The van der Waals surface area contributed by atoms with Crippen molar-refractivity contribution in [2.45, 2.75) is 26.7 Å². The zero-order chi connectivity index (χ0) is 11.4. The van der Waals surface area contributed by atoms with Crippen molar-refractivity contribution < 1.29 is 0 Å². The van der Waals surface area contributed by atoms with Gasteiger partial charge in [0.15, 0.2) is 0 Å². The van der Waals surface area contributed by atoms with Crippen LogP contribution in [-0.4, -0.2) is 0 Å². The Morgan fingerprint density at radius 3 is 2.73 bits per heavy atom. The highest BCUT2D eigenvalue weighted by Gasteiger charge is 2.10. The van der Waals surface area contributed by atoms with Crippen molar-refractivity contribution >= 4 is 43.9 Å². The Hall–Kier alpha value is -0.300. The highest BCUT2D eigenvalue weighted by molar-refractivity contribution is 9.11. The molecule has 0 saturated heterocycles. The van der Waals surface area contributed by atoms with Gasteiger partial charge in [-0.25, -0.2) is 0 Å². The first-order valence-electron chi connectivity index (χ1n) is 4.65. The molecule has 1 rings (SSSR count). The van der Waals surface area contributed by atoms with Crippen molar-refractivity contribution in [2.75, 3.05) is 0 Å². The van der Waals surface area contributed by atoms with Gasteiger partial charge in [0, 0.05) is 10.5 Å². The lowest BCUT2D eigenvalue weighted by Gasteiger charge is -1.98. The maximum atomic E-state index is 8.97. The molecule has 0 aliphatic heterocycles. The summed E-state index contributed by atoms with van der Waals surface area (Å²) in [7, 11) is 0. The molecule has 0 N–H and O–H groups in total. The van der Waals surface area contributed by atoms with Crippen LogP contribution in [-0.2, 0) is 0 Å². The van der Waals surface area contributed by atoms with Crippen molar-refractivity contribution in [3.63, 3.8) is 0 Å². The van der Waals surface area contributed by atoms with Gasteiger partial charge in [-0.05, 0) is 40.9 Å². The minimum atomic E-state index is 0.596. The molecule has 0 aliphatic rings. The van der Waals surface area contributed by atoms with Crippen LogP contribution in [0.1, 0.15) is 30.2 Å². The number of hydrogen-bond acceptors (Lipinski definition) is 2. The summed E-state index contributed by atoms with van der Waals surface area (Å²) in [4.78, 5) is 0.964. The number of nitrogens with zero attached hydrogens (tertiary/aromatic N) is 1. The van der Waals surface area contributed by atoms with E-state index in [1.807, 2.05) is 19.9 Å². The fourth-order valence-electron chi connectivity index (χ4n) is 1.18. The highest BCUT2D eigenvalue weighted by atomic mass is 79.9. The molecule has 15 heavy (non-hydrogen) atoms. The quantitative estimate of drug-likeness (QED) is 0.713. The van der Waals surface area contributed by atoms with E-state index < -0.39 is 0 Å². The van der Waals surface area contributed by atoms with E-state index in [1.165, 1.54) is 0 Å². The Bertz CT molecular complexity index is 409. The molecule has 0 aliphatic carbocycles. The number of halogens is 2. The van der Waals surface area contributed by atoms with E-state index in [-0.39, 0.29) is 0 Å². The summed E-state index contributed by atoms with van der Waals surface area (Å²) in [6.07, 6.45) is 1.68. The van der Waals surface area contributed by atoms with Crippen LogP contribution in [0.5, 0.6) is 0 Å². The second kappa shape index (κ2) is 5.69. The summed E-state index contributed by atoms with van der Waals surface area (Å²) in [6.45, 7) is 4.05. The van der Waals surface area contributed by atoms with Crippen LogP contribution in [0, 0.1) is 18.3 Å². The summed E-state index contributed by atoms with van der Waals surface area (Å²) in [6, 6.07) is 4.17. The van der Waals surface area contributed by atoms with Gasteiger partial charge < -0.3 is 0 Å². The Morgan fingerprint density at radius 2 is 2.33 bits per heavy atom. The monoisotopic (exact) mass is 303 g/mol. The predicted molar refractivity (Wildman–Crippen MR) is 70.1 cm³/mol. The number of allylic oxidation sites excluding steroid dienone is 1. The lowest BCUT2D eigenvalue weighted by molar-refractivity contribution is 0.933. The molecule has 0 spiro atoms. The Kier molecular flexibility index (Phi) is 4.85. The Morgan fingerprint density at radius 1 is 1.67 bits per heavy atom. The SMILES string of the molecule is CCCC(C#N)=C(Cl)c1cc(C)c(Br)s1. The van der Waals surface area contributed by atoms with E-state index in [4.69, 9.17) is 16.9 Å². The standard InChI is InChI=1S/C11H11BrClNS/c1-3-4-8(6-14)10(13)9-5-7(2)11(12)15-9/h5H,3-4H2,1-2H3. The van der Waals surface area contributed by atoms with Crippen LogP contribution in [0.3, 0.4) is 0 Å². The van der Waals surface area contributed by atoms with Gasteiger partial charge in [-0.3, -0.25) is 0 Å². The van der Waals surface area contributed by atoms with Gasteiger partial charge >= 0.3 is 0 Å². The summed E-state index contributed by atoms with van der Waals surface area (Å²) >= 11 is 11.2. The van der Waals surface area contributed by atoms with Gasteiger partial charge in [-0.1, -0.05) is 24.9 Å². The maximum Gasteiger partial charge on any atom is 0.0963 e. The third-order valence-electron chi connectivity index (χ3n) is 1.97. The maximum absolute atomic E-state index is 8.97. The van der Waals surface area contributed by atoms with Gasteiger partial charge in [-0.2, -0.15) is 5.26 Å². The molecule has 1 heterocycles. The molecular weight excluding hydrogens is 294 g/mol. The number of rotatable bonds is 3. The minimum absolute atomic E-state index is 0.596. The molecule has 0 unspecified atom stereocenters. The van der Waals surface area contributed by atoms with E-state index in [9.17, 15) is 0 Å². The van der Waals surface area contributed by atoms with Crippen LogP contribution in [0.25, 0.3) is 5.03 Å². The largest absolute Gasteiger partial charge is 0.193 e. The fourth-order valence-corrected chi connectivity index (χ4v) is 2.99. The van der Waals surface area contributed by atoms with Crippen molar-refractivity contribution in [3.05, 3.63) is 25.9 Å². The number of aryl methyl sites for hydroxylation is 1. The topological polar surface area (TPSA) is 23.8 Å². The predicted octanol–water partition coefficient (Wildman–Crippen LogP) is 5.09. The fraction of sp³-hybridized carbons (Fsp3) is 0.364. The van der Waals surface area contributed by atoms with Gasteiger partial charge in [0.05, 0.1) is 14.9 Å². The van der Waals surface area contributed by atoms with Gasteiger partial charge in [0.25, 0.3) is 0 Å². The van der Waals surface area contributed by atoms with Crippen molar-refractivity contribution in [2.24, 2.45) is 0 Å². The molecule has 0 radical (unpaired) electrons. The minimum Gasteiger partial charge on any atom is -0.193 e. The number of thiophene rings is 1. The Balaban J connectivity index is 3.11. The smallest absolute Gasteiger partial charge is 0.0963 e. The first-order valence-corrected chi connectivity index (χ1v) is 6.64. The van der Waals surface area contributed by atoms with E-state index in [2.05, 4.69) is 22.0 Å². The summed E-state index contributed by atoms with van der Waals surface area (Å²) in [5.41, 5.74) is 1.83. The molecule has 0 saturated carbocycles. The number of nitriles is 1. The van der Waals surface area contributed by atoms with Crippen LogP contribution in [0.4, 0.5) is 0 Å². The third kappa shape index (κ3) is 3.07. The molecule has 1 nitrogen and oxygen atoms in total. The molecule has 4 heteroatoms. The van der Waals surface area contributed by atoms with Crippen LogP contribution >= 0.6 is 38.9 Å². The summed E-state index contributed by atoms with van der Waals surface area (Å²) < 4.78 is 1.07. The zero-order valence-corrected chi connectivity index (χ0v) is 11.8. The van der Waals surface area contributed by atoms with Gasteiger partial charge in [-0.15, -0.1) is 11.3 Å². The van der Waals surface area contributed by atoms with Crippen LogP contribution in [0.15, 0.2) is 15.4 Å². The molecular formula is C11H11BrClNS. The molecule has 0 atom stereocenters. The molecule has 0 amide bonds. The second-order valence-corrected chi connectivity index (χ2v) is 5.97. The van der Waals surface area contributed by atoms with Crippen LogP contribution in [0.2, 0.25) is 0 Å². The first kappa shape index (κ1) is 12.8. The molecule has 0 fully saturated rings.